The number of nitrogens with one attached hydrogen (secondary N) is 1. The van der Waals surface area contributed by atoms with E-state index in [0.717, 1.165) is 16.6 Å². The number of amides is 1. The van der Waals surface area contributed by atoms with Crippen LogP contribution in [-0.2, 0) is 15.3 Å². The van der Waals surface area contributed by atoms with E-state index in [4.69, 9.17) is 13.9 Å². The normalized spacial score (nSPS) is 10.7. The monoisotopic (exact) mass is 462 g/mol. The number of thioether (sulfide) groups is 1. The quantitative estimate of drug-likeness (QED) is 0.283. The SMILES string of the molecule is COc1ccc(C)cc1NC(=O)COC(=O)c1ccccc1CSc1nc2ccccc2o1. The molecule has 4 aromatic rings. The number of esters is 1. The zero-order chi connectivity index (χ0) is 23.2. The van der Waals surface area contributed by atoms with Gasteiger partial charge in [-0.3, -0.25) is 4.79 Å². The predicted octanol–water partition coefficient (Wildman–Crippen LogP) is 5.23. The molecule has 33 heavy (non-hydrogen) atoms. The van der Waals surface area contributed by atoms with Crippen molar-refractivity contribution in [3.63, 3.8) is 0 Å². The molecule has 3 aromatic carbocycles. The first-order valence-electron chi connectivity index (χ1n) is 10.2. The van der Waals surface area contributed by atoms with Crippen LogP contribution in [0.5, 0.6) is 5.75 Å². The van der Waals surface area contributed by atoms with Gasteiger partial charge in [-0.25, -0.2) is 9.78 Å². The lowest BCUT2D eigenvalue weighted by molar-refractivity contribution is -0.119. The van der Waals surface area contributed by atoms with Gasteiger partial charge in [0.1, 0.15) is 11.3 Å². The van der Waals surface area contributed by atoms with Gasteiger partial charge >= 0.3 is 5.97 Å². The first-order valence-corrected chi connectivity index (χ1v) is 11.2. The summed E-state index contributed by atoms with van der Waals surface area (Å²) in [5.74, 6) is -0.0346. The van der Waals surface area contributed by atoms with Gasteiger partial charge in [-0.1, -0.05) is 48.2 Å². The van der Waals surface area contributed by atoms with Gasteiger partial charge in [0.15, 0.2) is 12.2 Å². The Hall–Kier alpha value is -3.78. The maximum absolute atomic E-state index is 12.7. The number of fused-ring (bicyclic) bond motifs is 1. The minimum atomic E-state index is -0.574. The molecule has 7 nitrogen and oxygen atoms in total. The molecule has 0 radical (unpaired) electrons. The Balaban J connectivity index is 1.37. The summed E-state index contributed by atoms with van der Waals surface area (Å²) in [7, 11) is 1.52. The van der Waals surface area contributed by atoms with Crippen LogP contribution in [0, 0.1) is 6.92 Å². The maximum Gasteiger partial charge on any atom is 0.338 e. The van der Waals surface area contributed by atoms with Crippen LogP contribution in [0.2, 0.25) is 0 Å². The van der Waals surface area contributed by atoms with Crippen LogP contribution in [-0.4, -0.2) is 30.6 Å². The van der Waals surface area contributed by atoms with E-state index in [1.54, 1.807) is 24.3 Å². The molecule has 8 heteroatoms. The largest absolute Gasteiger partial charge is 0.495 e. The molecule has 0 bridgehead atoms. The molecule has 0 aliphatic carbocycles. The van der Waals surface area contributed by atoms with Gasteiger partial charge in [0.05, 0.1) is 18.4 Å². The van der Waals surface area contributed by atoms with Crippen LogP contribution in [0.15, 0.2) is 76.4 Å². The molecule has 0 saturated carbocycles. The van der Waals surface area contributed by atoms with E-state index in [1.165, 1.54) is 18.9 Å². The average molecular weight is 463 g/mol. The minimum absolute atomic E-state index is 0.391. The number of anilines is 1. The number of ether oxygens (including phenoxy) is 2. The number of carbonyl (C=O) groups is 2. The Labute approximate surface area is 195 Å². The van der Waals surface area contributed by atoms with Gasteiger partial charge in [-0.15, -0.1) is 0 Å². The Morgan fingerprint density at radius 2 is 1.85 bits per heavy atom. The summed E-state index contributed by atoms with van der Waals surface area (Å²) >= 11 is 1.38. The van der Waals surface area contributed by atoms with Crippen LogP contribution < -0.4 is 10.1 Å². The molecule has 0 aliphatic heterocycles. The number of aromatic nitrogens is 1. The molecular weight excluding hydrogens is 440 g/mol. The van der Waals surface area contributed by atoms with Gasteiger partial charge < -0.3 is 19.2 Å². The molecule has 0 atom stereocenters. The highest BCUT2D eigenvalue weighted by atomic mass is 32.2. The zero-order valence-corrected chi connectivity index (χ0v) is 19.0. The third kappa shape index (κ3) is 5.53. The number of para-hydroxylation sites is 2. The second kappa shape index (κ2) is 10.2. The Kier molecular flexibility index (Phi) is 6.95. The highest BCUT2D eigenvalue weighted by molar-refractivity contribution is 7.98. The summed E-state index contributed by atoms with van der Waals surface area (Å²) in [5.41, 5.74) is 4.13. The summed E-state index contributed by atoms with van der Waals surface area (Å²) < 4.78 is 16.2. The lowest BCUT2D eigenvalue weighted by Crippen LogP contribution is -2.21. The summed E-state index contributed by atoms with van der Waals surface area (Å²) in [6.07, 6.45) is 0. The number of nitrogens with zero attached hydrogens (tertiary/aromatic N) is 1. The second-order valence-corrected chi connectivity index (χ2v) is 8.15. The van der Waals surface area contributed by atoms with Crippen molar-refractivity contribution < 1.29 is 23.5 Å². The van der Waals surface area contributed by atoms with E-state index < -0.39 is 18.5 Å². The Morgan fingerprint density at radius 3 is 2.67 bits per heavy atom. The van der Waals surface area contributed by atoms with E-state index in [0.29, 0.717) is 33.6 Å². The Bertz CT molecular complexity index is 1270. The molecule has 0 unspecified atom stereocenters. The number of aryl methyl sites for hydroxylation is 1. The number of methoxy groups -OCH3 is 1. The molecular formula is C25H22N2O5S. The van der Waals surface area contributed by atoms with Crippen LogP contribution in [0.1, 0.15) is 21.5 Å². The maximum atomic E-state index is 12.7. The number of oxazole rings is 1. The van der Waals surface area contributed by atoms with Gasteiger partial charge in [-0.2, -0.15) is 0 Å². The average Bonchev–Trinajstić information content (AvgIpc) is 3.25. The van der Waals surface area contributed by atoms with Crippen LogP contribution in [0.25, 0.3) is 11.1 Å². The van der Waals surface area contributed by atoms with Crippen molar-refractivity contribution in [3.8, 4) is 5.75 Å². The van der Waals surface area contributed by atoms with Crippen molar-refractivity contribution in [1.82, 2.24) is 4.98 Å². The highest BCUT2D eigenvalue weighted by Gasteiger charge is 2.16. The van der Waals surface area contributed by atoms with Gasteiger partial charge in [0, 0.05) is 5.75 Å². The predicted molar refractivity (Wildman–Crippen MR) is 127 cm³/mol. The number of rotatable bonds is 8. The summed E-state index contributed by atoms with van der Waals surface area (Å²) in [6, 6.07) is 20.1. The van der Waals surface area contributed by atoms with E-state index in [1.807, 2.05) is 49.4 Å². The molecule has 168 valence electrons. The van der Waals surface area contributed by atoms with Crippen molar-refractivity contribution in [2.45, 2.75) is 17.9 Å². The van der Waals surface area contributed by atoms with Crippen molar-refractivity contribution >= 4 is 40.4 Å². The van der Waals surface area contributed by atoms with Gasteiger partial charge in [0.25, 0.3) is 11.1 Å². The molecule has 0 aliphatic rings. The third-order valence-electron chi connectivity index (χ3n) is 4.83. The summed E-state index contributed by atoms with van der Waals surface area (Å²) in [6.45, 7) is 1.49. The Morgan fingerprint density at radius 1 is 1.06 bits per heavy atom. The van der Waals surface area contributed by atoms with E-state index in [-0.39, 0.29) is 0 Å². The van der Waals surface area contributed by atoms with E-state index in [9.17, 15) is 9.59 Å². The van der Waals surface area contributed by atoms with Gasteiger partial charge in [-0.05, 0) is 48.4 Å². The lowest BCUT2D eigenvalue weighted by Gasteiger charge is -2.12. The molecule has 1 aromatic heterocycles. The molecule has 1 N–H and O–H groups in total. The molecule has 0 fully saturated rings. The van der Waals surface area contributed by atoms with Gasteiger partial charge in [0.2, 0.25) is 0 Å². The minimum Gasteiger partial charge on any atom is -0.495 e. The number of carbonyl (C=O) groups excluding carboxylic acids is 2. The molecule has 1 amide bonds. The third-order valence-corrected chi connectivity index (χ3v) is 5.70. The molecule has 1 heterocycles. The van der Waals surface area contributed by atoms with Crippen molar-refractivity contribution in [3.05, 3.63) is 83.4 Å². The number of benzene rings is 3. The first kappa shape index (κ1) is 22.4. The standard InChI is InChI=1S/C25H22N2O5S/c1-16-11-12-21(30-2)20(13-16)26-23(28)14-31-24(29)18-8-4-3-7-17(18)15-33-25-27-19-9-5-6-10-22(19)32-25/h3-13H,14-15H2,1-2H3,(H,26,28). The van der Waals surface area contributed by atoms with Crippen molar-refractivity contribution in [2.75, 3.05) is 19.0 Å². The molecule has 4 rings (SSSR count). The molecule has 0 spiro atoms. The van der Waals surface area contributed by atoms with E-state index in [2.05, 4.69) is 10.3 Å². The van der Waals surface area contributed by atoms with Crippen molar-refractivity contribution in [2.24, 2.45) is 0 Å². The first-order chi connectivity index (χ1) is 16.0. The van der Waals surface area contributed by atoms with E-state index >= 15 is 0 Å². The highest BCUT2D eigenvalue weighted by Crippen LogP contribution is 2.28. The smallest absolute Gasteiger partial charge is 0.338 e. The van der Waals surface area contributed by atoms with Crippen LogP contribution >= 0.6 is 11.8 Å². The number of hydrogen-bond donors (Lipinski definition) is 1. The lowest BCUT2D eigenvalue weighted by atomic mass is 10.1. The van der Waals surface area contributed by atoms with Crippen LogP contribution in [0.4, 0.5) is 5.69 Å². The fourth-order valence-electron chi connectivity index (χ4n) is 3.21. The fourth-order valence-corrected chi connectivity index (χ4v) is 4.05. The second-order valence-electron chi connectivity index (χ2n) is 7.22. The fraction of sp³-hybridized carbons (Fsp3) is 0.160. The van der Waals surface area contributed by atoms with Crippen molar-refractivity contribution in [1.29, 1.82) is 0 Å². The zero-order valence-electron chi connectivity index (χ0n) is 18.2. The topological polar surface area (TPSA) is 90.7 Å². The van der Waals surface area contributed by atoms with Crippen LogP contribution in [0.3, 0.4) is 0 Å². The summed E-state index contributed by atoms with van der Waals surface area (Å²) in [4.78, 5) is 29.5. The summed E-state index contributed by atoms with van der Waals surface area (Å²) in [5, 5.41) is 3.24. The number of hydrogen-bond acceptors (Lipinski definition) is 7. The molecule has 0 saturated heterocycles.